The molecule has 160 valence electrons. The van der Waals surface area contributed by atoms with Crippen LogP contribution in [0.4, 0.5) is 11.4 Å². The van der Waals surface area contributed by atoms with Crippen molar-refractivity contribution in [3.05, 3.63) is 75.1 Å². The number of carboxylic acids is 1. The summed E-state index contributed by atoms with van der Waals surface area (Å²) in [6.45, 7) is 1.94. The Morgan fingerprint density at radius 1 is 1.26 bits per heavy atom. The smallest absolute Gasteiger partial charge is 0.338 e. The maximum Gasteiger partial charge on any atom is 0.338 e. The monoisotopic (exact) mass is 444 g/mol. The van der Waals surface area contributed by atoms with Gasteiger partial charge in [-0.3, -0.25) is 19.6 Å². The molecule has 0 saturated heterocycles. The number of hydrogen-bond donors (Lipinski definition) is 2. The number of anilines is 1. The van der Waals surface area contributed by atoms with E-state index in [9.17, 15) is 19.7 Å². The molecule has 0 radical (unpaired) electrons. The minimum absolute atomic E-state index is 0.0123. The molecule has 3 rings (SSSR count). The highest BCUT2D eigenvalue weighted by Crippen LogP contribution is 2.31. The number of hydrogen-bond acceptors (Lipinski definition) is 6. The number of aryl methyl sites for hydroxylation is 2. The second-order valence-corrected chi connectivity index (χ2v) is 6.99. The molecule has 0 fully saturated rings. The molecule has 2 aromatic carbocycles. The molecule has 31 heavy (non-hydrogen) atoms. The number of benzene rings is 2. The Morgan fingerprint density at radius 2 is 2.03 bits per heavy atom. The summed E-state index contributed by atoms with van der Waals surface area (Å²) in [5, 5.41) is 27.2. The summed E-state index contributed by atoms with van der Waals surface area (Å²) in [6, 6.07) is 8.89. The van der Waals surface area contributed by atoms with Crippen LogP contribution in [0.2, 0.25) is 5.02 Å². The molecule has 2 N–H and O–H groups in total. The molecule has 1 amide bonds. The van der Waals surface area contributed by atoms with Gasteiger partial charge in [-0.1, -0.05) is 11.6 Å². The molecule has 0 unspecified atom stereocenters. The number of carbonyl (C=O) groups excluding carboxylic acids is 1. The van der Waals surface area contributed by atoms with E-state index in [1.807, 2.05) is 0 Å². The number of halogens is 1. The van der Waals surface area contributed by atoms with E-state index in [-0.39, 0.29) is 35.7 Å². The number of aromatic carboxylic acids is 1. The predicted octanol–water partition coefficient (Wildman–Crippen LogP) is 4.27. The topological polar surface area (TPSA) is 137 Å². The molecule has 1 heterocycles. The predicted molar refractivity (Wildman–Crippen MR) is 112 cm³/mol. The van der Waals surface area contributed by atoms with Gasteiger partial charge in [-0.05, 0) is 30.7 Å². The highest BCUT2D eigenvalue weighted by atomic mass is 35.5. The molecule has 0 aliphatic heterocycles. The van der Waals surface area contributed by atoms with E-state index in [1.165, 1.54) is 35.3 Å². The zero-order valence-corrected chi connectivity index (χ0v) is 17.0. The van der Waals surface area contributed by atoms with Crippen LogP contribution in [0.1, 0.15) is 22.3 Å². The maximum atomic E-state index is 12.3. The van der Waals surface area contributed by atoms with Crippen LogP contribution in [-0.2, 0) is 11.3 Å². The van der Waals surface area contributed by atoms with Crippen molar-refractivity contribution in [1.82, 2.24) is 9.78 Å². The van der Waals surface area contributed by atoms with Crippen LogP contribution >= 0.6 is 11.6 Å². The summed E-state index contributed by atoms with van der Waals surface area (Å²) in [7, 11) is 0. The summed E-state index contributed by atoms with van der Waals surface area (Å²) in [5.74, 6) is -0.936. The lowest BCUT2D eigenvalue weighted by molar-refractivity contribution is -0.384. The van der Waals surface area contributed by atoms with Crippen molar-refractivity contribution in [2.75, 3.05) is 5.32 Å². The van der Waals surface area contributed by atoms with Crippen molar-refractivity contribution in [2.45, 2.75) is 19.9 Å². The molecule has 11 heteroatoms. The third-order valence-electron chi connectivity index (χ3n) is 4.20. The lowest BCUT2D eigenvalue weighted by atomic mass is 10.2. The molecule has 0 atom stereocenters. The van der Waals surface area contributed by atoms with E-state index in [4.69, 9.17) is 21.4 Å². The van der Waals surface area contributed by atoms with Crippen molar-refractivity contribution in [1.29, 1.82) is 0 Å². The van der Waals surface area contributed by atoms with Gasteiger partial charge in [0.1, 0.15) is 11.5 Å². The first-order valence-corrected chi connectivity index (χ1v) is 9.38. The van der Waals surface area contributed by atoms with Gasteiger partial charge in [-0.2, -0.15) is 5.10 Å². The number of aromatic nitrogens is 2. The molecule has 10 nitrogen and oxygen atoms in total. The van der Waals surface area contributed by atoms with Gasteiger partial charge in [0.2, 0.25) is 5.91 Å². The Balaban J connectivity index is 1.71. The average molecular weight is 445 g/mol. The van der Waals surface area contributed by atoms with Crippen LogP contribution in [0.5, 0.6) is 11.5 Å². The molecular weight excluding hydrogens is 428 g/mol. The number of amides is 1. The first-order chi connectivity index (χ1) is 14.7. The Labute approximate surface area is 181 Å². The van der Waals surface area contributed by atoms with Crippen molar-refractivity contribution >= 4 is 34.9 Å². The summed E-state index contributed by atoms with van der Waals surface area (Å²) < 4.78 is 7.02. The number of nitro benzene ring substituents is 1. The molecule has 0 aliphatic rings. The van der Waals surface area contributed by atoms with Crippen LogP contribution in [0.25, 0.3) is 0 Å². The fraction of sp³-hybridized carbons (Fsp3) is 0.150. The van der Waals surface area contributed by atoms with Crippen molar-refractivity contribution in [3.63, 3.8) is 0 Å². The van der Waals surface area contributed by atoms with Gasteiger partial charge in [0.15, 0.2) is 0 Å². The van der Waals surface area contributed by atoms with Gasteiger partial charge in [0, 0.05) is 36.3 Å². The third kappa shape index (κ3) is 5.80. The highest BCUT2D eigenvalue weighted by molar-refractivity contribution is 6.31. The lowest BCUT2D eigenvalue weighted by Crippen LogP contribution is -2.15. The molecule has 0 saturated carbocycles. The van der Waals surface area contributed by atoms with Crippen LogP contribution < -0.4 is 10.1 Å². The van der Waals surface area contributed by atoms with Crippen LogP contribution in [0.15, 0.2) is 48.8 Å². The number of rotatable bonds is 8. The quantitative estimate of drug-likeness (QED) is 0.391. The summed E-state index contributed by atoms with van der Waals surface area (Å²) in [5.41, 5.74) is 0.726. The molecule has 1 aromatic heterocycles. The number of nitro groups is 1. The van der Waals surface area contributed by atoms with Crippen molar-refractivity contribution < 1.29 is 24.4 Å². The summed E-state index contributed by atoms with van der Waals surface area (Å²) in [6.07, 6.45) is 2.47. The van der Waals surface area contributed by atoms with Gasteiger partial charge in [0.05, 0.1) is 28.4 Å². The van der Waals surface area contributed by atoms with Crippen LogP contribution in [0.3, 0.4) is 0 Å². The van der Waals surface area contributed by atoms with Gasteiger partial charge in [-0.25, -0.2) is 4.79 Å². The number of ether oxygens (including phenoxy) is 1. The largest absolute Gasteiger partial charge is 0.478 e. The maximum absolute atomic E-state index is 12.3. The van der Waals surface area contributed by atoms with E-state index in [2.05, 4.69) is 10.4 Å². The first kappa shape index (κ1) is 21.8. The molecule has 0 spiro atoms. The number of non-ortho nitro benzene ring substituents is 1. The normalized spacial score (nSPS) is 10.5. The fourth-order valence-electron chi connectivity index (χ4n) is 2.67. The second kappa shape index (κ2) is 9.26. The van der Waals surface area contributed by atoms with Gasteiger partial charge >= 0.3 is 5.97 Å². The van der Waals surface area contributed by atoms with E-state index in [1.54, 1.807) is 25.1 Å². The van der Waals surface area contributed by atoms with Crippen LogP contribution in [0, 0.1) is 17.0 Å². The minimum atomic E-state index is -1.12. The van der Waals surface area contributed by atoms with E-state index < -0.39 is 16.8 Å². The van der Waals surface area contributed by atoms with E-state index >= 15 is 0 Å². The summed E-state index contributed by atoms with van der Waals surface area (Å²) in [4.78, 5) is 33.8. The Hall–Kier alpha value is -3.92. The number of nitrogens with zero attached hydrogens (tertiary/aromatic N) is 3. The standard InChI is InChI=1S/C20H17ClN4O6/c1-12-6-16(2-3-18(12)21)31-17-8-14(7-15(9-17)25(29)30)23-19(26)4-5-24-11-13(10-22-24)20(27)28/h2-3,6-11H,4-5H2,1H3,(H,23,26)(H,27,28). The number of carboxylic acid groups (broad SMARTS) is 1. The molecular formula is C20H17ClN4O6. The Morgan fingerprint density at radius 3 is 2.68 bits per heavy atom. The zero-order valence-electron chi connectivity index (χ0n) is 16.2. The Bertz CT molecular complexity index is 1160. The average Bonchev–Trinajstić information content (AvgIpc) is 3.18. The zero-order chi connectivity index (χ0) is 22.5. The lowest BCUT2D eigenvalue weighted by Gasteiger charge is -2.10. The van der Waals surface area contributed by atoms with Gasteiger partial charge in [-0.15, -0.1) is 0 Å². The van der Waals surface area contributed by atoms with Gasteiger partial charge in [0.25, 0.3) is 5.69 Å². The van der Waals surface area contributed by atoms with Crippen molar-refractivity contribution in [3.8, 4) is 11.5 Å². The first-order valence-electron chi connectivity index (χ1n) is 9.00. The van der Waals surface area contributed by atoms with E-state index in [0.29, 0.717) is 10.8 Å². The van der Waals surface area contributed by atoms with Crippen molar-refractivity contribution in [2.24, 2.45) is 0 Å². The fourth-order valence-corrected chi connectivity index (χ4v) is 2.79. The molecule has 0 bridgehead atoms. The number of carbonyl (C=O) groups is 2. The number of nitrogens with one attached hydrogen (secondary N) is 1. The highest BCUT2D eigenvalue weighted by Gasteiger charge is 2.14. The van der Waals surface area contributed by atoms with E-state index in [0.717, 1.165) is 5.56 Å². The van der Waals surface area contributed by atoms with Crippen LogP contribution in [-0.4, -0.2) is 31.7 Å². The molecule has 0 aliphatic carbocycles. The second-order valence-electron chi connectivity index (χ2n) is 6.58. The molecule has 3 aromatic rings. The Kier molecular flexibility index (Phi) is 6.51. The van der Waals surface area contributed by atoms with Gasteiger partial charge < -0.3 is 15.2 Å². The minimum Gasteiger partial charge on any atom is -0.478 e. The summed E-state index contributed by atoms with van der Waals surface area (Å²) >= 11 is 6.00. The third-order valence-corrected chi connectivity index (χ3v) is 4.62. The SMILES string of the molecule is Cc1cc(Oc2cc(NC(=O)CCn3cc(C(=O)O)cn3)cc([N+](=O)[O-])c2)ccc1Cl.